The molecule has 0 radical (unpaired) electrons. The van der Waals surface area contributed by atoms with Crippen molar-refractivity contribution in [3.63, 3.8) is 0 Å². The van der Waals surface area contributed by atoms with E-state index in [1.165, 1.54) is 62.7 Å². The van der Waals surface area contributed by atoms with Gasteiger partial charge >= 0.3 is 0 Å². The molecular weight excluding hydrogens is 348 g/mol. The minimum absolute atomic E-state index is 0.200. The van der Waals surface area contributed by atoms with E-state index < -0.39 is 0 Å². The fourth-order valence-electron chi connectivity index (χ4n) is 3.97. The topological polar surface area (TPSA) is 41.6 Å². The van der Waals surface area contributed by atoms with E-state index in [0.717, 1.165) is 32.4 Å². The molecule has 1 amide bonds. The number of nitrogens with one attached hydrogen (secondary N) is 1. The Morgan fingerprint density at radius 2 is 1.75 bits per heavy atom. The first-order valence-electron chi connectivity index (χ1n) is 11.3. The molecule has 1 aromatic rings. The number of hydrogen-bond donors (Lipinski definition) is 1. The van der Waals surface area contributed by atoms with Crippen molar-refractivity contribution in [2.24, 2.45) is 0 Å². The van der Waals surface area contributed by atoms with Crippen LogP contribution in [0, 0.1) is 0 Å². The van der Waals surface area contributed by atoms with Gasteiger partial charge in [-0.3, -0.25) is 4.79 Å². The van der Waals surface area contributed by atoms with Crippen molar-refractivity contribution in [1.82, 2.24) is 10.2 Å². The average Bonchev–Trinajstić information content (AvgIpc) is 3.20. The molecule has 0 aromatic heterocycles. The Balaban J connectivity index is 1.84. The van der Waals surface area contributed by atoms with Crippen LogP contribution in [0.1, 0.15) is 69.4 Å². The number of amides is 1. The summed E-state index contributed by atoms with van der Waals surface area (Å²) in [5.41, 5.74) is 2.60. The second-order valence-corrected chi connectivity index (χ2v) is 8.20. The monoisotopic (exact) mass is 388 g/mol. The lowest BCUT2D eigenvalue weighted by Crippen LogP contribution is -2.44. The Kier molecular flexibility index (Phi) is 11.2. The molecule has 1 heterocycles. The van der Waals surface area contributed by atoms with Crippen molar-refractivity contribution >= 4 is 5.91 Å². The van der Waals surface area contributed by atoms with Gasteiger partial charge in [0.25, 0.3) is 0 Å². The highest BCUT2D eigenvalue weighted by Crippen LogP contribution is 2.13. The number of nitrogens with zero attached hydrogens (tertiary/aromatic N) is 1. The number of unbranched alkanes of at least 4 members (excludes halogenated alkanes) is 4. The molecule has 4 nitrogen and oxygen atoms in total. The Bertz CT molecular complexity index is 538. The molecule has 1 saturated heterocycles. The smallest absolute Gasteiger partial charge is 0.220 e. The minimum Gasteiger partial charge on any atom is -0.384 e. The molecule has 1 atom stereocenters. The predicted molar refractivity (Wildman–Crippen MR) is 117 cm³/mol. The van der Waals surface area contributed by atoms with Gasteiger partial charge < -0.3 is 15.0 Å². The molecular formula is C24H40N2O2. The number of carbonyl (C=O) groups excluding carboxylic acids is 1. The standard InChI is InChI=1S/C24H40N2O2/c1-3-4-5-6-7-10-24(27)25-23(20-26-16-8-9-17-26)19-22-13-11-21(12-14-22)15-18-28-2/h11-14,23H,3-10,15-20H2,1-2H3,(H,25,27)/t23-/m0/s1. The Labute approximate surface area is 172 Å². The van der Waals surface area contributed by atoms with E-state index in [1.54, 1.807) is 7.11 Å². The van der Waals surface area contributed by atoms with Crippen LogP contribution in [0.2, 0.25) is 0 Å². The molecule has 0 bridgehead atoms. The van der Waals surface area contributed by atoms with Crippen LogP contribution in [-0.2, 0) is 22.4 Å². The third-order valence-electron chi connectivity index (χ3n) is 5.65. The number of methoxy groups -OCH3 is 1. The number of hydrogen-bond acceptors (Lipinski definition) is 3. The maximum absolute atomic E-state index is 12.5. The Morgan fingerprint density at radius 3 is 2.43 bits per heavy atom. The van der Waals surface area contributed by atoms with E-state index in [0.29, 0.717) is 6.42 Å². The fraction of sp³-hybridized carbons (Fsp3) is 0.708. The van der Waals surface area contributed by atoms with Crippen LogP contribution < -0.4 is 5.32 Å². The maximum atomic E-state index is 12.5. The van der Waals surface area contributed by atoms with E-state index in [9.17, 15) is 4.79 Å². The van der Waals surface area contributed by atoms with E-state index in [-0.39, 0.29) is 11.9 Å². The lowest BCUT2D eigenvalue weighted by Gasteiger charge is -2.25. The molecule has 158 valence electrons. The minimum atomic E-state index is 0.200. The lowest BCUT2D eigenvalue weighted by molar-refractivity contribution is -0.122. The van der Waals surface area contributed by atoms with Gasteiger partial charge in [-0.15, -0.1) is 0 Å². The average molecular weight is 389 g/mol. The highest BCUT2D eigenvalue weighted by Gasteiger charge is 2.19. The first-order valence-corrected chi connectivity index (χ1v) is 11.3. The van der Waals surface area contributed by atoms with Crippen molar-refractivity contribution in [2.45, 2.75) is 77.2 Å². The molecule has 1 N–H and O–H groups in total. The van der Waals surface area contributed by atoms with Gasteiger partial charge in [0.2, 0.25) is 5.91 Å². The summed E-state index contributed by atoms with van der Waals surface area (Å²) in [6, 6.07) is 9.00. The summed E-state index contributed by atoms with van der Waals surface area (Å²) in [6.07, 6.45) is 11.0. The third-order valence-corrected chi connectivity index (χ3v) is 5.65. The van der Waals surface area contributed by atoms with E-state index in [1.807, 2.05) is 0 Å². The normalized spacial score (nSPS) is 15.6. The Hall–Kier alpha value is -1.39. The van der Waals surface area contributed by atoms with Gasteiger partial charge in [0.1, 0.15) is 0 Å². The second kappa shape index (κ2) is 13.7. The summed E-state index contributed by atoms with van der Waals surface area (Å²) in [4.78, 5) is 15.0. The predicted octanol–water partition coefficient (Wildman–Crippen LogP) is 4.36. The summed E-state index contributed by atoms with van der Waals surface area (Å²) >= 11 is 0. The van der Waals surface area contributed by atoms with Gasteiger partial charge in [-0.25, -0.2) is 0 Å². The molecule has 28 heavy (non-hydrogen) atoms. The van der Waals surface area contributed by atoms with E-state index >= 15 is 0 Å². The molecule has 4 heteroatoms. The van der Waals surface area contributed by atoms with Crippen molar-refractivity contribution < 1.29 is 9.53 Å². The van der Waals surface area contributed by atoms with Gasteiger partial charge in [-0.05, 0) is 56.3 Å². The maximum Gasteiger partial charge on any atom is 0.220 e. The first kappa shape index (κ1) is 22.9. The van der Waals surface area contributed by atoms with Gasteiger partial charge in [-0.1, -0.05) is 56.9 Å². The van der Waals surface area contributed by atoms with Gasteiger partial charge in [0.05, 0.1) is 6.61 Å². The number of likely N-dealkylation sites (tertiary alicyclic amines) is 1. The van der Waals surface area contributed by atoms with E-state index in [4.69, 9.17) is 4.74 Å². The van der Waals surface area contributed by atoms with Crippen molar-refractivity contribution in [1.29, 1.82) is 0 Å². The third kappa shape index (κ3) is 9.20. The molecule has 2 rings (SSSR count). The zero-order valence-electron chi connectivity index (χ0n) is 18.0. The zero-order chi connectivity index (χ0) is 20.0. The summed E-state index contributed by atoms with van der Waals surface area (Å²) < 4.78 is 5.16. The van der Waals surface area contributed by atoms with Crippen LogP contribution in [-0.4, -0.2) is 50.2 Å². The molecule has 0 unspecified atom stereocenters. The van der Waals surface area contributed by atoms with Crippen LogP contribution in [0.5, 0.6) is 0 Å². The van der Waals surface area contributed by atoms with Crippen LogP contribution >= 0.6 is 0 Å². The van der Waals surface area contributed by atoms with Crippen LogP contribution in [0.3, 0.4) is 0 Å². The summed E-state index contributed by atoms with van der Waals surface area (Å²) in [7, 11) is 1.74. The number of carbonyl (C=O) groups is 1. The summed E-state index contributed by atoms with van der Waals surface area (Å²) in [6.45, 7) is 6.27. The highest BCUT2D eigenvalue weighted by molar-refractivity contribution is 5.76. The molecule has 0 aliphatic carbocycles. The van der Waals surface area contributed by atoms with Crippen molar-refractivity contribution in [3.8, 4) is 0 Å². The van der Waals surface area contributed by atoms with Crippen molar-refractivity contribution in [2.75, 3.05) is 33.4 Å². The zero-order valence-corrected chi connectivity index (χ0v) is 18.0. The van der Waals surface area contributed by atoms with Crippen molar-refractivity contribution in [3.05, 3.63) is 35.4 Å². The number of rotatable bonds is 14. The SMILES string of the molecule is CCCCCCCC(=O)N[C@@H](Cc1ccc(CCOC)cc1)CN1CCCC1. The highest BCUT2D eigenvalue weighted by atomic mass is 16.5. The molecule has 1 aliphatic heterocycles. The number of benzene rings is 1. The fourth-order valence-corrected chi connectivity index (χ4v) is 3.97. The first-order chi connectivity index (χ1) is 13.7. The largest absolute Gasteiger partial charge is 0.384 e. The summed E-state index contributed by atoms with van der Waals surface area (Å²) in [5, 5.41) is 3.33. The summed E-state index contributed by atoms with van der Waals surface area (Å²) in [5.74, 6) is 0.220. The Morgan fingerprint density at radius 1 is 1.07 bits per heavy atom. The van der Waals surface area contributed by atoms with Gasteiger partial charge in [0.15, 0.2) is 0 Å². The number of ether oxygens (including phenoxy) is 1. The van der Waals surface area contributed by atoms with Gasteiger partial charge in [-0.2, -0.15) is 0 Å². The van der Waals surface area contributed by atoms with Gasteiger partial charge in [0, 0.05) is 26.1 Å². The van der Waals surface area contributed by atoms with Crippen LogP contribution in [0.25, 0.3) is 0 Å². The molecule has 1 fully saturated rings. The molecule has 0 saturated carbocycles. The lowest BCUT2D eigenvalue weighted by atomic mass is 10.0. The van der Waals surface area contributed by atoms with E-state index in [2.05, 4.69) is 41.4 Å². The van der Waals surface area contributed by atoms with Crippen LogP contribution in [0.4, 0.5) is 0 Å². The van der Waals surface area contributed by atoms with Crippen LogP contribution in [0.15, 0.2) is 24.3 Å². The molecule has 1 aromatic carbocycles. The second-order valence-electron chi connectivity index (χ2n) is 8.20. The quantitative estimate of drug-likeness (QED) is 0.482. The molecule has 1 aliphatic rings. The molecule has 0 spiro atoms.